The van der Waals surface area contributed by atoms with Crippen LogP contribution in [0.2, 0.25) is 0 Å². The number of rotatable bonds is 5. The van der Waals surface area contributed by atoms with Crippen LogP contribution in [0.5, 0.6) is 0 Å². The second-order valence-electron chi connectivity index (χ2n) is 5.15. The van der Waals surface area contributed by atoms with Crippen LogP contribution in [0, 0.1) is 5.41 Å². The first-order valence-corrected chi connectivity index (χ1v) is 5.97. The maximum absolute atomic E-state index is 5.22. The van der Waals surface area contributed by atoms with Crippen LogP contribution < -0.4 is 5.32 Å². The van der Waals surface area contributed by atoms with Gasteiger partial charge < -0.3 is 9.73 Å². The molecule has 1 unspecified atom stereocenters. The van der Waals surface area contributed by atoms with Crippen LogP contribution in [0.25, 0.3) is 6.08 Å². The average molecular weight is 221 g/mol. The van der Waals surface area contributed by atoms with Crippen molar-refractivity contribution in [2.45, 2.75) is 40.2 Å². The molecule has 1 atom stereocenters. The van der Waals surface area contributed by atoms with E-state index >= 15 is 0 Å². The topological polar surface area (TPSA) is 25.2 Å². The minimum absolute atomic E-state index is 0.313. The van der Waals surface area contributed by atoms with Gasteiger partial charge in [-0.25, -0.2) is 0 Å². The van der Waals surface area contributed by atoms with Crippen molar-refractivity contribution < 1.29 is 4.42 Å². The summed E-state index contributed by atoms with van der Waals surface area (Å²) < 4.78 is 5.22. The predicted molar refractivity (Wildman–Crippen MR) is 69.3 cm³/mol. The Labute approximate surface area is 98.7 Å². The molecule has 1 heterocycles. The largest absolute Gasteiger partial charge is 0.465 e. The molecule has 0 aliphatic carbocycles. The van der Waals surface area contributed by atoms with E-state index < -0.39 is 0 Å². The fourth-order valence-electron chi connectivity index (χ4n) is 1.83. The summed E-state index contributed by atoms with van der Waals surface area (Å²) in [6.45, 7) is 9.91. The van der Waals surface area contributed by atoms with E-state index in [-0.39, 0.29) is 0 Å². The second kappa shape index (κ2) is 5.90. The molecule has 0 bridgehead atoms. The van der Waals surface area contributed by atoms with Crippen LogP contribution >= 0.6 is 0 Å². The highest BCUT2D eigenvalue weighted by atomic mass is 16.3. The third-order valence-electron chi connectivity index (χ3n) is 2.76. The molecule has 2 heteroatoms. The molecular weight excluding hydrogens is 198 g/mol. The zero-order chi connectivity index (χ0) is 12.0. The van der Waals surface area contributed by atoms with E-state index in [0.29, 0.717) is 11.5 Å². The summed E-state index contributed by atoms with van der Waals surface area (Å²) in [5.41, 5.74) is 0.313. The smallest absolute Gasteiger partial charge is 0.126 e. The van der Waals surface area contributed by atoms with Crippen LogP contribution in [0.3, 0.4) is 0 Å². The van der Waals surface area contributed by atoms with Gasteiger partial charge in [-0.3, -0.25) is 0 Å². The fraction of sp³-hybridized carbons (Fsp3) is 0.571. The maximum Gasteiger partial charge on any atom is 0.126 e. The predicted octanol–water partition coefficient (Wildman–Crippen LogP) is 3.71. The first-order valence-electron chi connectivity index (χ1n) is 5.97. The van der Waals surface area contributed by atoms with Gasteiger partial charge in [0.05, 0.1) is 6.26 Å². The van der Waals surface area contributed by atoms with Crippen LogP contribution in [-0.2, 0) is 0 Å². The van der Waals surface area contributed by atoms with E-state index in [4.69, 9.17) is 4.42 Å². The molecule has 1 rings (SSSR count). The summed E-state index contributed by atoms with van der Waals surface area (Å²) in [7, 11) is 0. The zero-order valence-corrected chi connectivity index (χ0v) is 10.8. The molecule has 0 saturated carbocycles. The van der Waals surface area contributed by atoms with E-state index in [9.17, 15) is 0 Å². The van der Waals surface area contributed by atoms with E-state index in [2.05, 4.69) is 39.1 Å². The molecule has 0 amide bonds. The van der Waals surface area contributed by atoms with E-state index in [1.54, 1.807) is 6.26 Å². The molecule has 1 aromatic heterocycles. The highest BCUT2D eigenvalue weighted by molar-refractivity contribution is 5.42. The quantitative estimate of drug-likeness (QED) is 0.820. The van der Waals surface area contributed by atoms with Gasteiger partial charge in [0.2, 0.25) is 0 Å². The summed E-state index contributed by atoms with van der Waals surface area (Å²) in [4.78, 5) is 0. The minimum Gasteiger partial charge on any atom is -0.465 e. The van der Waals surface area contributed by atoms with Gasteiger partial charge in [-0.1, -0.05) is 33.8 Å². The monoisotopic (exact) mass is 221 g/mol. The lowest BCUT2D eigenvalue weighted by Gasteiger charge is -2.30. The summed E-state index contributed by atoms with van der Waals surface area (Å²) in [5.74, 6) is 0.908. The van der Waals surface area contributed by atoms with Gasteiger partial charge in [0.25, 0.3) is 0 Å². The Bertz CT molecular complexity index is 306. The van der Waals surface area contributed by atoms with Gasteiger partial charge in [-0.15, -0.1) is 0 Å². The Hall–Kier alpha value is -1.02. The lowest BCUT2D eigenvalue weighted by Crippen LogP contribution is -2.39. The van der Waals surface area contributed by atoms with Crippen molar-refractivity contribution >= 4 is 6.08 Å². The molecule has 1 N–H and O–H groups in total. The summed E-state index contributed by atoms with van der Waals surface area (Å²) in [6.07, 6.45) is 6.95. The third-order valence-corrected chi connectivity index (χ3v) is 2.76. The van der Waals surface area contributed by atoms with Crippen molar-refractivity contribution in [1.29, 1.82) is 0 Å². The number of hydrogen-bond acceptors (Lipinski definition) is 2. The molecule has 1 aromatic rings. The van der Waals surface area contributed by atoms with E-state index in [1.165, 1.54) is 0 Å². The fourth-order valence-corrected chi connectivity index (χ4v) is 1.83. The summed E-state index contributed by atoms with van der Waals surface area (Å²) >= 11 is 0. The Morgan fingerprint density at radius 1 is 1.44 bits per heavy atom. The molecule has 0 aliphatic heterocycles. The van der Waals surface area contributed by atoms with Gasteiger partial charge >= 0.3 is 0 Å². The van der Waals surface area contributed by atoms with Crippen molar-refractivity contribution in [1.82, 2.24) is 5.32 Å². The van der Waals surface area contributed by atoms with Crippen LogP contribution in [-0.4, -0.2) is 12.6 Å². The normalized spacial score (nSPS) is 14.5. The highest BCUT2D eigenvalue weighted by Crippen LogP contribution is 2.21. The number of hydrogen-bond donors (Lipinski definition) is 1. The van der Waals surface area contributed by atoms with Crippen LogP contribution in [0.1, 0.15) is 39.9 Å². The van der Waals surface area contributed by atoms with Gasteiger partial charge in [0.1, 0.15) is 5.76 Å². The van der Waals surface area contributed by atoms with Crippen LogP contribution in [0.15, 0.2) is 28.9 Å². The molecule has 90 valence electrons. The van der Waals surface area contributed by atoms with Crippen molar-refractivity contribution in [3.63, 3.8) is 0 Å². The van der Waals surface area contributed by atoms with Crippen molar-refractivity contribution in [2.24, 2.45) is 5.41 Å². The Morgan fingerprint density at radius 3 is 2.69 bits per heavy atom. The first-order chi connectivity index (χ1) is 7.54. The van der Waals surface area contributed by atoms with Crippen molar-refractivity contribution in [2.75, 3.05) is 6.54 Å². The third kappa shape index (κ3) is 4.23. The molecule has 0 radical (unpaired) electrons. The minimum atomic E-state index is 0.313. The van der Waals surface area contributed by atoms with Crippen molar-refractivity contribution in [3.05, 3.63) is 30.2 Å². The Kier molecular flexibility index (Phi) is 4.81. The molecular formula is C14H23NO. The van der Waals surface area contributed by atoms with Crippen LogP contribution in [0.4, 0.5) is 0 Å². The van der Waals surface area contributed by atoms with Crippen molar-refractivity contribution in [3.8, 4) is 0 Å². The molecule has 0 aliphatic rings. The lowest BCUT2D eigenvalue weighted by atomic mass is 9.85. The lowest BCUT2D eigenvalue weighted by molar-refractivity contribution is 0.268. The molecule has 0 spiro atoms. The standard InChI is InChI=1S/C14H23NO/c1-5-13(14(2,3)4)15-10-6-8-12-9-7-11-16-12/h6-9,11,13,15H,5,10H2,1-4H3/b8-6+. The SMILES string of the molecule is CCC(NC/C=C/c1ccco1)C(C)(C)C. The van der Waals surface area contributed by atoms with E-state index in [0.717, 1.165) is 18.7 Å². The number of nitrogens with one attached hydrogen (secondary N) is 1. The molecule has 16 heavy (non-hydrogen) atoms. The van der Waals surface area contributed by atoms with Gasteiger partial charge in [-0.2, -0.15) is 0 Å². The molecule has 0 fully saturated rings. The van der Waals surface area contributed by atoms with Gasteiger partial charge in [-0.05, 0) is 30.0 Å². The molecule has 2 nitrogen and oxygen atoms in total. The summed E-state index contributed by atoms with van der Waals surface area (Å²) in [5, 5.41) is 3.54. The van der Waals surface area contributed by atoms with Gasteiger partial charge in [0.15, 0.2) is 0 Å². The molecule has 0 aromatic carbocycles. The van der Waals surface area contributed by atoms with Gasteiger partial charge in [0, 0.05) is 12.6 Å². The Balaban J connectivity index is 2.34. The average Bonchev–Trinajstić information content (AvgIpc) is 2.68. The number of furan rings is 1. The summed E-state index contributed by atoms with van der Waals surface area (Å²) in [6, 6.07) is 4.41. The maximum atomic E-state index is 5.22. The zero-order valence-electron chi connectivity index (χ0n) is 10.8. The molecule has 0 saturated heterocycles. The Morgan fingerprint density at radius 2 is 2.19 bits per heavy atom. The van der Waals surface area contributed by atoms with E-state index in [1.807, 2.05) is 18.2 Å². The highest BCUT2D eigenvalue weighted by Gasteiger charge is 2.21. The first kappa shape index (κ1) is 13.0. The second-order valence-corrected chi connectivity index (χ2v) is 5.15.